The predicted molar refractivity (Wildman–Crippen MR) is 132 cm³/mol. The predicted octanol–water partition coefficient (Wildman–Crippen LogP) is 4.54. The van der Waals surface area contributed by atoms with Gasteiger partial charge in [0.1, 0.15) is 0 Å². The third-order valence-corrected chi connectivity index (χ3v) is 6.88. The Morgan fingerprint density at radius 1 is 1.06 bits per heavy atom. The Morgan fingerprint density at radius 2 is 1.79 bits per heavy atom. The van der Waals surface area contributed by atoms with Gasteiger partial charge in [0.2, 0.25) is 0 Å². The van der Waals surface area contributed by atoms with Gasteiger partial charge in [0.05, 0.1) is 38.4 Å². The molecular weight excluding hydrogens is 436 g/mol. The van der Waals surface area contributed by atoms with E-state index in [0.717, 1.165) is 34.7 Å². The van der Waals surface area contributed by atoms with Crippen LogP contribution in [-0.2, 0) is 4.74 Å². The second kappa shape index (κ2) is 10.8. The number of nitrogens with one attached hydrogen (secondary N) is 1. The van der Waals surface area contributed by atoms with E-state index in [9.17, 15) is 4.79 Å². The molecule has 0 saturated carbocycles. The summed E-state index contributed by atoms with van der Waals surface area (Å²) in [4.78, 5) is 16.3. The number of nitrogens with zero attached hydrogens (tertiary/aromatic N) is 1. The summed E-state index contributed by atoms with van der Waals surface area (Å²) < 4.78 is 16.5. The van der Waals surface area contributed by atoms with Gasteiger partial charge in [-0.05, 0) is 41.6 Å². The monoisotopic (exact) mass is 466 g/mol. The molecule has 1 amide bonds. The van der Waals surface area contributed by atoms with Crippen molar-refractivity contribution in [3.05, 3.63) is 69.9 Å². The summed E-state index contributed by atoms with van der Waals surface area (Å²) in [6.45, 7) is 5.52. The Balaban J connectivity index is 1.55. The van der Waals surface area contributed by atoms with Gasteiger partial charge in [-0.25, -0.2) is 0 Å². The lowest BCUT2D eigenvalue weighted by Gasteiger charge is -2.35. The Hall–Kier alpha value is -2.87. The molecule has 1 unspecified atom stereocenters. The van der Waals surface area contributed by atoms with Crippen molar-refractivity contribution in [3.8, 4) is 22.6 Å². The Morgan fingerprint density at radius 3 is 2.48 bits per heavy atom. The summed E-state index contributed by atoms with van der Waals surface area (Å²) in [6, 6.07) is 16.2. The van der Waals surface area contributed by atoms with Crippen molar-refractivity contribution in [3.63, 3.8) is 0 Å². The summed E-state index contributed by atoms with van der Waals surface area (Å²) in [6.07, 6.45) is 0. The molecule has 0 bridgehead atoms. The molecular formula is C26H30N2O4S. The summed E-state index contributed by atoms with van der Waals surface area (Å²) in [5, 5.41) is 5.16. The first-order valence-electron chi connectivity index (χ1n) is 11.1. The van der Waals surface area contributed by atoms with E-state index in [1.807, 2.05) is 29.6 Å². The first kappa shape index (κ1) is 23.3. The Labute approximate surface area is 199 Å². The quantitative estimate of drug-likeness (QED) is 0.528. The first-order valence-corrected chi connectivity index (χ1v) is 11.9. The van der Waals surface area contributed by atoms with E-state index in [0.29, 0.717) is 31.3 Å². The van der Waals surface area contributed by atoms with Gasteiger partial charge in [-0.3, -0.25) is 9.69 Å². The van der Waals surface area contributed by atoms with Gasteiger partial charge < -0.3 is 19.5 Å². The molecule has 1 saturated heterocycles. The SMILES string of the molecule is COc1ccc(C(CNC(=O)c2sccc2-c2ccc(C)cc2)N2CCOCC2)cc1OC. The highest BCUT2D eigenvalue weighted by Gasteiger charge is 2.25. The van der Waals surface area contributed by atoms with Crippen LogP contribution < -0.4 is 14.8 Å². The molecule has 1 aromatic heterocycles. The summed E-state index contributed by atoms with van der Waals surface area (Å²) >= 11 is 1.47. The van der Waals surface area contributed by atoms with Crippen molar-refractivity contribution < 1.29 is 19.0 Å². The van der Waals surface area contributed by atoms with Gasteiger partial charge >= 0.3 is 0 Å². The minimum Gasteiger partial charge on any atom is -0.493 e. The van der Waals surface area contributed by atoms with E-state index in [2.05, 4.69) is 41.4 Å². The maximum Gasteiger partial charge on any atom is 0.262 e. The number of hydrogen-bond donors (Lipinski definition) is 1. The molecule has 0 spiro atoms. The van der Waals surface area contributed by atoms with E-state index < -0.39 is 0 Å². The van der Waals surface area contributed by atoms with Crippen molar-refractivity contribution in [2.45, 2.75) is 13.0 Å². The average molecular weight is 467 g/mol. The van der Waals surface area contributed by atoms with Gasteiger partial charge in [-0.1, -0.05) is 35.9 Å². The molecule has 2 aromatic carbocycles. The molecule has 174 valence electrons. The van der Waals surface area contributed by atoms with Crippen molar-refractivity contribution in [2.75, 3.05) is 47.1 Å². The molecule has 1 atom stereocenters. The maximum absolute atomic E-state index is 13.2. The van der Waals surface area contributed by atoms with Crippen molar-refractivity contribution in [1.29, 1.82) is 0 Å². The minimum atomic E-state index is -0.0562. The average Bonchev–Trinajstić information content (AvgIpc) is 3.35. The first-order chi connectivity index (χ1) is 16.1. The van der Waals surface area contributed by atoms with Crippen LogP contribution in [0.15, 0.2) is 53.9 Å². The van der Waals surface area contributed by atoms with Crippen molar-refractivity contribution >= 4 is 17.2 Å². The molecule has 0 radical (unpaired) electrons. The minimum absolute atomic E-state index is 0.000410. The number of aryl methyl sites for hydroxylation is 1. The lowest BCUT2D eigenvalue weighted by atomic mass is 10.0. The fourth-order valence-electron chi connectivity index (χ4n) is 4.12. The van der Waals surface area contributed by atoms with E-state index in [4.69, 9.17) is 14.2 Å². The molecule has 1 N–H and O–H groups in total. The molecule has 2 heterocycles. The van der Waals surface area contributed by atoms with E-state index in [1.54, 1.807) is 14.2 Å². The zero-order chi connectivity index (χ0) is 23.2. The highest BCUT2D eigenvalue weighted by Crippen LogP contribution is 2.33. The van der Waals surface area contributed by atoms with Gasteiger partial charge in [-0.2, -0.15) is 0 Å². The van der Waals surface area contributed by atoms with Gasteiger partial charge in [-0.15, -0.1) is 11.3 Å². The number of morpholine rings is 1. The number of rotatable bonds is 8. The molecule has 33 heavy (non-hydrogen) atoms. The van der Waals surface area contributed by atoms with Gasteiger partial charge in [0.25, 0.3) is 5.91 Å². The largest absolute Gasteiger partial charge is 0.493 e. The van der Waals surface area contributed by atoms with Crippen LogP contribution in [-0.4, -0.2) is 57.9 Å². The lowest BCUT2D eigenvalue weighted by Crippen LogP contribution is -2.43. The number of carbonyl (C=O) groups is 1. The number of methoxy groups -OCH3 is 2. The van der Waals surface area contributed by atoms with Gasteiger partial charge in [0.15, 0.2) is 11.5 Å². The summed E-state index contributed by atoms with van der Waals surface area (Å²) in [5.41, 5.74) is 4.28. The van der Waals surface area contributed by atoms with Crippen LogP contribution in [0.4, 0.5) is 0 Å². The lowest BCUT2D eigenvalue weighted by molar-refractivity contribution is 0.0162. The molecule has 4 rings (SSSR count). The van der Waals surface area contributed by atoms with Crippen molar-refractivity contribution in [2.24, 2.45) is 0 Å². The summed E-state index contributed by atoms with van der Waals surface area (Å²) in [7, 11) is 3.26. The molecule has 6 nitrogen and oxygen atoms in total. The van der Waals surface area contributed by atoms with Crippen LogP contribution in [0.2, 0.25) is 0 Å². The number of carbonyl (C=O) groups excluding carboxylic acids is 1. The van der Waals surface area contributed by atoms with Crippen LogP contribution in [0.5, 0.6) is 11.5 Å². The molecule has 1 fully saturated rings. The second-order valence-electron chi connectivity index (χ2n) is 8.02. The highest BCUT2D eigenvalue weighted by molar-refractivity contribution is 7.12. The van der Waals surface area contributed by atoms with Crippen LogP contribution in [0.3, 0.4) is 0 Å². The van der Waals surface area contributed by atoms with E-state index >= 15 is 0 Å². The highest BCUT2D eigenvalue weighted by atomic mass is 32.1. The number of thiophene rings is 1. The zero-order valence-electron chi connectivity index (χ0n) is 19.3. The second-order valence-corrected chi connectivity index (χ2v) is 8.93. The number of ether oxygens (including phenoxy) is 3. The van der Waals surface area contributed by atoms with Crippen LogP contribution in [0, 0.1) is 6.92 Å². The molecule has 7 heteroatoms. The molecule has 0 aliphatic carbocycles. The zero-order valence-corrected chi connectivity index (χ0v) is 20.1. The smallest absolute Gasteiger partial charge is 0.262 e. The Kier molecular flexibility index (Phi) is 7.65. The topological polar surface area (TPSA) is 60.0 Å². The number of amides is 1. The fraction of sp³-hybridized carbons (Fsp3) is 0.346. The van der Waals surface area contributed by atoms with Crippen molar-refractivity contribution in [1.82, 2.24) is 10.2 Å². The molecule has 1 aliphatic heterocycles. The third-order valence-electron chi connectivity index (χ3n) is 5.97. The fourth-order valence-corrected chi connectivity index (χ4v) is 4.95. The van der Waals surface area contributed by atoms with E-state index in [-0.39, 0.29) is 11.9 Å². The maximum atomic E-state index is 13.2. The standard InChI is InChI=1S/C26H30N2O4S/c1-18-4-6-19(7-5-18)21-10-15-33-25(21)26(29)27-17-22(28-11-13-32-14-12-28)20-8-9-23(30-2)24(16-20)31-3/h4-10,15-16,22H,11-14,17H2,1-3H3,(H,27,29). The summed E-state index contributed by atoms with van der Waals surface area (Å²) in [5.74, 6) is 1.31. The van der Waals surface area contributed by atoms with E-state index in [1.165, 1.54) is 16.9 Å². The van der Waals surface area contributed by atoms with Crippen LogP contribution in [0.1, 0.15) is 26.8 Å². The normalized spacial score (nSPS) is 15.1. The molecule has 3 aromatic rings. The molecule has 1 aliphatic rings. The number of hydrogen-bond acceptors (Lipinski definition) is 6. The number of benzene rings is 2. The third kappa shape index (κ3) is 5.38. The van der Waals surface area contributed by atoms with Gasteiger partial charge in [0, 0.05) is 25.2 Å². The van der Waals surface area contributed by atoms with Crippen LogP contribution in [0.25, 0.3) is 11.1 Å². The van der Waals surface area contributed by atoms with Crippen LogP contribution >= 0.6 is 11.3 Å². The Bertz CT molecular complexity index is 1070.